The predicted molar refractivity (Wildman–Crippen MR) is 43.8 cm³/mol. The first-order valence-corrected chi connectivity index (χ1v) is 5.40. The first kappa shape index (κ1) is 10.4. The zero-order chi connectivity index (χ0) is 9.90. The van der Waals surface area contributed by atoms with Crippen LogP contribution in [0.2, 0.25) is 0 Å². The Kier molecular flexibility index (Phi) is 3.23. The first-order valence-electron chi connectivity index (χ1n) is 3.80. The quantitative estimate of drug-likeness (QED) is 0.573. The number of rotatable bonds is 2. The fraction of sp³-hybridized carbons (Fsp3) is 0.833. The van der Waals surface area contributed by atoms with Crippen molar-refractivity contribution in [3.63, 3.8) is 0 Å². The van der Waals surface area contributed by atoms with E-state index in [1.54, 1.807) is 0 Å². The third-order valence-electron chi connectivity index (χ3n) is 1.67. The fourth-order valence-electron chi connectivity index (χ4n) is 1.06. The van der Waals surface area contributed by atoms with Crippen LogP contribution in [0.1, 0.15) is 0 Å². The van der Waals surface area contributed by atoms with Gasteiger partial charge in [-0.3, -0.25) is 9.35 Å². The van der Waals surface area contributed by atoms with Crippen LogP contribution in [0, 0.1) is 0 Å². The van der Waals surface area contributed by atoms with Crippen LogP contribution in [-0.4, -0.2) is 55.8 Å². The molecular weight excluding hydrogens is 198 g/mol. The number of amides is 1. The Labute approximate surface area is 76.2 Å². The maximum atomic E-state index is 11.1. The molecule has 7 heteroatoms. The minimum atomic E-state index is -4.20. The van der Waals surface area contributed by atoms with Gasteiger partial charge in [0.2, 0.25) is 5.91 Å². The van der Waals surface area contributed by atoms with Gasteiger partial charge < -0.3 is 9.64 Å². The average Bonchev–Trinajstić information content (AvgIpc) is 2.03. The van der Waals surface area contributed by atoms with E-state index in [4.69, 9.17) is 9.29 Å². The van der Waals surface area contributed by atoms with Gasteiger partial charge in [0.05, 0.1) is 13.2 Å². The highest BCUT2D eigenvalue weighted by atomic mass is 32.2. The molecule has 76 valence electrons. The molecule has 1 saturated heterocycles. The summed E-state index contributed by atoms with van der Waals surface area (Å²) >= 11 is 0. The van der Waals surface area contributed by atoms with Crippen molar-refractivity contribution < 1.29 is 22.5 Å². The maximum Gasteiger partial charge on any atom is 0.274 e. The van der Waals surface area contributed by atoms with E-state index in [0.29, 0.717) is 26.3 Å². The van der Waals surface area contributed by atoms with Gasteiger partial charge in [-0.25, -0.2) is 0 Å². The van der Waals surface area contributed by atoms with E-state index in [-0.39, 0.29) is 0 Å². The van der Waals surface area contributed by atoms with Crippen molar-refractivity contribution in [2.24, 2.45) is 0 Å². The molecule has 0 spiro atoms. The number of carbonyl (C=O) groups is 1. The second kappa shape index (κ2) is 4.03. The lowest BCUT2D eigenvalue weighted by Gasteiger charge is -2.26. The van der Waals surface area contributed by atoms with Crippen molar-refractivity contribution in [2.45, 2.75) is 0 Å². The Hall–Kier alpha value is -0.660. The topological polar surface area (TPSA) is 83.9 Å². The zero-order valence-electron chi connectivity index (χ0n) is 6.97. The van der Waals surface area contributed by atoms with Gasteiger partial charge in [-0.1, -0.05) is 0 Å². The van der Waals surface area contributed by atoms with Gasteiger partial charge in [-0.2, -0.15) is 8.42 Å². The molecular formula is C6H11NO5S. The van der Waals surface area contributed by atoms with Crippen LogP contribution in [-0.2, 0) is 19.6 Å². The minimum Gasteiger partial charge on any atom is -0.378 e. The zero-order valence-corrected chi connectivity index (χ0v) is 7.79. The summed E-state index contributed by atoms with van der Waals surface area (Å²) in [5, 5.41) is 0. The Morgan fingerprint density at radius 2 is 1.92 bits per heavy atom. The second-order valence-corrected chi connectivity index (χ2v) is 4.17. The summed E-state index contributed by atoms with van der Waals surface area (Å²) in [5.74, 6) is -1.42. The molecule has 1 heterocycles. The van der Waals surface area contributed by atoms with E-state index in [9.17, 15) is 13.2 Å². The van der Waals surface area contributed by atoms with Crippen molar-refractivity contribution in [3.05, 3.63) is 0 Å². The van der Waals surface area contributed by atoms with Gasteiger partial charge in [-0.05, 0) is 0 Å². The predicted octanol–water partition coefficient (Wildman–Crippen LogP) is -1.27. The normalized spacial score (nSPS) is 18.7. The highest BCUT2D eigenvalue weighted by Gasteiger charge is 2.21. The Morgan fingerprint density at radius 3 is 2.38 bits per heavy atom. The smallest absolute Gasteiger partial charge is 0.274 e. The molecule has 0 atom stereocenters. The van der Waals surface area contributed by atoms with Crippen molar-refractivity contribution in [1.82, 2.24) is 4.90 Å². The average molecular weight is 209 g/mol. The standard InChI is InChI=1S/C6H11NO5S/c8-6(5-13(9,10)11)7-1-3-12-4-2-7/h1-5H2,(H,9,10,11). The molecule has 0 aromatic rings. The molecule has 0 radical (unpaired) electrons. The number of hydrogen-bond donors (Lipinski definition) is 1. The molecule has 0 aromatic heterocycles. The summed E-state index contributed by atoms with van der Waals surface area (Å²) in [6.45, 7) is 1.59. The van der Waals surface area contributed by atoms with E-state index in [0.717, 1.165) is 0 Å². The largest absolute Gasteiger partial charge is 0.378 e. The summed E-state index contributed by atoms with van der Waals surface area (Å²) in [6, 6.07) is 0. The maximum absolute atomic E-state index is 11.1. The molecule has 1 rings (SSSR count). The molecule has 0 unspecified atom stereocenters. The van der Waals surface area contributed by atoms with Gasteiger partial charge in [-0.15, -0.1) is 0 Å². The summed E-state index contributed by atoms with van der Waals surface area (Å²) < 4.78 is 34.1. The van der Waals surface area contributed by atoms with Crippen molar-refractivity contribution >= 4 is 16.0 Å². The van der Waals surface area contributed by atoms with E-state index in [1.165, 1.54) is 4.90 Å². The van der Waals surface area contributed by atoms with Gasteiger partial charge in [0, 0.05) is 13.1 Å². The third kappa shape index (κ3) is 3.71. The molecule has 1 aliphatic heterocycles. The highest BCUT2D eigenvalue weighted by Crippen LogP contribution is 1.98. The van der Waals surface area contributed by atoms with Crippen LogP contribution in [0.25, 0.3) is 0 Å². The fourth-order valence-corrected chi connectivity index (χ4v) is 1.55. The second-order valence-electron chi connectivity index (χ2n) is 2.72. The molecule has 0 aromatic carbocycles. The molecule has 0 aliphatic carbocycles. The van der Waals surface area contributed by atoms with E-state index in [1.807, 2.05) is 0 Å². The van der Waals surface area contributed by atoms with Crippen molar-refractivity contribution in [1.29, 1.82) is 0 Å². The van der Waals surface area contributed by atoms with E-state index >= 15 is 0 Å². The number of morpholine rings is 1. The Balaban J connectivity index is 2.47. The Morgan fingerprint density at radius 1 is 1.38 bits per heavy atom. The van der Waals surface area contributed by atoms with Gasteiger partial charge in [0.15, 0.2) is 5.75 Å². The van der Waals surface area contributed by atoms with Crippen molar-refractivity contribution in [2.75, 3.05) is 32.1 Å². The molecule has 6 nitrogen and oxygen atoms in total. The molecule has 0 bridgehead atoms. The van der Waals surface area contributed by atoms with Crippen LogP contribution in [0.15, 0.2) is 0 Å². The van der Waals surface area contributed by atoms with Crippen LogP contribution in [0.4, 0.5) is 0 Å². The Bertz CT molecular complexity index is 279. The monoisotopic (exact) mass is 209 g/mol. The SMILES string of the molecule is O=C(CS(=O)(=O)O)N1CCOCC1. The number of hydrogen-bond acceptors (Lipinski definition) is 4. The molecule has 1 amide bonds. The van der Waals surface area contributed by atoms with Crippen LogP contribution in [0.5, 0.6) is 0 Å². The lowest BCUT2D eigenvalue weighted by molar-refractivity contribution is -0.132. The molecule has 1 aliphatic rings. The number of carbonyl (C=O) groups excluding carboxylic acids is 1. The third-order valence-corrected chi connectivity index (χ3v) is 2.28. The molecule has 0 saturated carbocycles. The molecule has 1 fully saturated rings. The van der Waals surface area contributed by atoms with Crippen LogP contribution < -0.4 is 0 Å². The minimum absolute atomic E-state index is 0.383. The summed E-state index contributed by atoms with van der Waals surface area (Å²) in [4.78, 5) is 12.5. The first-order chi connectivity index (χ1) is 5.99. The lowest BCUT2D eigenvalue weighted by atomic mass is 10.4. The van der Waals surface area contributed by atoms with Gasteiger partial charge >= 0.3 is 0 Å². The van der Waals surface area contributed by atoms with Crippen LogP contribution >= 0.6 is 0 Å². The van der Waals surface area contributed by atoms with Gasteiger partial charge in [0.25, 0.3) is 10.1 Å². The summed E-state index contributed by atoms with van der Waals surface area (Å²) in [5.41, 5.74) is 0. The van der Waals surface area contributed by atoms with Crippen LogP contribution in [0.3, 0.4) is 0 Å². The summed E-state index contributed by atoms with van der Waals surface area (Å²) in [6.07, 6.45) is 0. The number of nitrogens with zero attached hydrogens (tertiary/aromatic N) is 1. The summed E-state index contributed by atoms with van der Waals surface area (Å²) in [7, 11) is -4.20. The molecule has 13 heavy (non-hydrogen) atoms. The van der Waals surface area contributed by atoms with Crippen molar-refractivity contribution in [3.8, 4) is 0 Å². The number of ether oxygens (including phenoxy) is 1. The van der Waals surface area contributed by atoms with E-state index in [2.05, 4.69) is 0 Å². The molecule has 1 N–H and O–H groups in total. The lowest BCUT2D eigenvalue weighted by Crippen LogP contribution is -2.43. The van der Waals surface area contributed by atoms with Gasteiger partial charge in [0.1, 0.15) is 0 Å². The highest BCUT2D eigenvalue weighted by molar-refractivity contribution is 7.86. The van der Waals surface area contributed by atoms with E-state index < -0.39 is 21.8 Å².